The molecule has 9 heteroatoms. The third-order valence-corrected chi connectivity index (χ3v) is 5.28. The van der Waals surface area contributed by atoms with Gasteiger partial charge in [0.15, 0.2) is 5.60 Å². The number of hydrogen-bond acceptors (Lipinski definition) is 9. The van der Waals surface area contributed by atoms with Crippen LogP contribution in [0.3, 0.4) is 0 Å². The zero-order chi connectivity index (χ0) is 22.6. The summed E-state index contributed by atoms with van der Waals surface area (Å²) in [4.78, 5) is 25.3. The predicted octanol–water partition coefficient (Wildman–Crippen LogP) is 2.13. The van der Waals surface area contributed by atoms with E-state index in [1.165, 1.54) is 0 Å². The van der Waals surface area contributed by atoms with Gasteiger partial charge in [0.05, 0.1) is 11.3 Å². The van der Waals surface area contributed by atoms with E-state index in [0.29, 0.717) is 35.9 Å². The fraction of sp³-hybridized carbons (Fsp3) is 0.261. The number of nitrogens with zero attached hydrogens (tertiary/aromatic N) is 4. The molecule has 162 valence electrons. The minimum atomic E-state index is -1.17. The number of Topliss-reactive ketones (excluding diaryl/α,β-unsaturated/α-hetero) is 1. The maximum atomic E-state index is 12.3. The van der Waals surface area contributed by atoms with Crippen LogP contribution in [0, 0.1) is 18.3 Å². The zero-order valence-electron chi connectivity index (χ0n) is 17.5. The van der Waals surface area contributed by atoms with Crippen molar-refractivity contribution in [2.75, 3.05) is 25.0 Å². The SMILES string of the molecule is Cc1cc(Nc2nccc(-c3ccc(O[C@]4(C(=O)CO)CCNC4)c(C#N)c3)n2)ccn1. The fourth-order valence-electron chi connectivity index (χ4n) is 3.60. The number of ether oxygens (including phenoxy) is 1. The summed E-state index contributed by atoms with van der Waals surface area (Å²) in [7, 11) is 0. The maximum absolute atomic E-state index is 12.3. The molecule has 32 heavy (non-hydrogen) atoms. The van der Waals surface area contributed by atoms with Crippen molar-refractivity contribution in [2.45, 2.75) is 18.9 Å². The van der Waals surface area contributed by atoms with E-state index in [2.05, 4.69) is 31.7 Å². The Kier molecular flexibility index (Phi) is 6.07. The first-order chi connectivity index (χ1) is 15.5. The number of aryl methyl sites for hydroxylation is 1. The van der Waals surface area contributed by atoms with Crippen molar-refractivity contribution < 1.29 is 14.6 Å². The van der Waals surface area contributed by atoms with Gasteiger partial charge in [0.1, 0.15) is 18.4 Å². The molecular weight excluding hydrogens is 408 g/mol. The number of benzene rings is 1. The highest BCUT2D eigenvalue weighted by atomic mass is 16.5. The Bertz CT molecular complexity index is 1180. The molecule has 1 aliphatic heterocycles. The molecule has 0 unspecified atom stereocenters. The van der Waals surface area contributed by atoms with Crippen molar-refractivity contribution in [1.29, 1.82) is 5.26 Å². The summed E-state index contributed by atoms with van der Waals surface area (Å²) in [5.41, 5.74) is 2.13. The maximum Gasteiger partial charge on any atom is 0.227 e. The van der Waals surface area contributed by atoms with Crippen LogP contribution in [0.15, 0.2) is 48.8 Å². The molecule has 0 bridgehead atoms. The highest BCUT2D eigenvalue weighted by Gasteiger charge is 2.43. The van der Waals surface area contributed by atoms with E-state index >= 15 is 0 Å². The van der Waals surface area contributed by atoms with Crippen molar-refractivity contribution in [3.8, 4) is 23.1 Å². The smallest absolute Gasteiger partial charge is 0.227 e. The van der Waals surface area contributed by atoms with Crippen molar-refractivity contribution >= 4 is 17.4 Å². The van der Waals surface area contributed by atoms with Gasteiger partial charge in [-0.15, -0.1) is 0 Å². The van der Waals surface area contributed by atoms with Gasteiger partial charge in [0, 0.05) is 42.3 Å². The standard InChI is InChI=1S/C23H22N6O3/c1-15-10-18(4-7-26-15)28-22-27-8-5-19(29-22)16-2-3-20(17(11-16)12-24)32-23(21(31)13-30)6-9-25-14-23/h2-5,7-8,10-11,25,30H,6,9,13-14H2,1H3,(H,26,27,28,29)/t23-/m1/s1. The van der Waals surface area contributed by atoms with E-state index in [9.17, 15) is 15.2 Å². The highest BCUT2D eigenvalue weighted by Crippen LogP contribution is 2.31. The van der Waals surface area contributed by atoms with Gasteiger partial charge >= 0.3 is 0 Å². The third-order valence-electron chi connectivity index (χ3n) is 5.28. The Labute approximate surface area is 185 Å². The summed E-state index contributed by atoms with van der Waals surface area (Å²) < 4.78 is 6.00. The quantitative estimate of drug-likeness (QED) is 0.515. The molecule has 1 fully saturated rings. The highest BCUT2D eigenvalue weighted by molar-refractivity contribution is 5.89. The number of aromatic nitrogens is 3. The summed E-state index contributed by atoms with van der Waals surface area (Å²) in [6.45, 7) is 2.17. The second kappa shape index (κ2) is 9.09. The van der Waals surface area contributed by atoms with E-state index < -0.39 is 18.0 Å². The van der Waals surface area contributed by atoms with Gasteiger partial charge in [-0.1, -0.05) is 0 Å². The van der Waals surface area contributed by atoms with Gasteiger partial charge in [-0.3, -0.25) is 9.78 Å². The number of ketones is 1. The minimum absolute atomic E-state index is 0.275. The van der Waals surface area contributed by atoms with Crippen LogP contribution < -0.4 is 15.4 Å². The van der Waals surface area contributed by atoms with Gasteiger partial charge in [0.2, 0.25) is 11.7 Å². The first-order valence-corrected chi connectivity index (χ1v) is 10.1. The van der Waals surface area contributed by atoms with E-state index in [1.807, 2.05) is 19.1 Å². The predicted molar refractivity (Wildman–Crippen MR) is 117 cm³/mol. The monoisotopic (exact) mass is 430 g/mol. The summed E-state index contributed by atoms with van der Waals surface area (Å²) in [5.74, 6) is 0.297. The number of rotatable bonds is 7. The molecule has 0 amide bonds. The molecule has 4 rings (SSSR count). The van der Waals surface area contributed by atoms with Crippen LogP contribution in [0.1, 0.15) is 17.7 Å². The number of nitrogens with one attached hydrogen (secondary N) is 2. The van der Waals surface area contributed by atoms with Gasteiger partial charge in [0.25, 0.3) is 0 Å². The minimum Gasteiger partial charge on any atom is -0.477 e. The van der Waals surface area contributed by atoms with Crippen molar-refractivity contribution in [2.24, 2.45) is 0 Å². The number of carbonyl (C=O) groups excluding carboxylic acids is 1. The lowest BCUT2D eigenvalue weighted by molar-refractivity contribution is -0.136. The number of anilines is 2. The summed E-state index contributed by atoms with van der Waals surface area (Å²) >= 11 is 0. The number of hydrogen-bond donors (Lipinski definition) is 3. The lowest BCUT2D eigenvalue weighted by atomic mass is 9.97. The number of aliphatic hydroxyl groups is 1. The van der Waals surface area contributed by atoms with E-state index in [4.69, 9.17) is 4.74 Å². The first-order valence-electron chi connectivity index (χ1n) is 10.1. The average molecular weight is 430 g/mol. The molecule has 0 aliphatic carbocycles. The van der Waals surface area contributed by atoms with Crippen LogP contribution in [0.4, 0.5) is 11.6 Å². The summed E-state index contributed by atoms with van der Waals surface area (Å²) in [5, 5.41) is 25.3. The van der Waals surface area contributed by atoms with Crippen molar-refractivity contribution in [3.05, 3.63) is 60.0 Å². The molecule has 3 heterocycles. The van der Waals surface area contributed by atoms with Crippen molar-refractivity contribution in [3.63, 3.8) is 0 Å². The Morgan fingerprint density at radius 2 is 2.12 bits per heavy atom. The van der Waals surface area contributed by atoms with Crippen LogP contribution in [0.25, 0.3) is 11.3 Å². The van der Waals surface area contributed by atoms with Crippen LogP contribution in [-0.4, -0.2) is 51.1 Å². The van der Waals surface area contributed by atoms with Crippen LogP contribution in [0.5, 0.6) is 5.75 Å². The van der Waals surface area contributed by atoms with Crippen LogP contribution in [-0.2, 0) is 4.79 Å². The normalized spacial score (nSPS) is 17.5. The van der Waals surface area contributed by atoms with Gasteiger partial charge in [-0.25, -0.2) is 9.97 Å². The fourth-order valence-corrected chi connectivity index (χ4v) is 3.60. The molecule has 3 aromatic rings. The average Bonchev–Trinajstić information content (AvgIpc) is 3.28. The number of carbonyl (C=O) groups is 1. The number of aliphatic hydroxyl groups excluding tert-OH is 1. The molecule has 1 saturated heterocycles. The Hall–Kier alpha value is -3.87. The van der Waals surface area contributed by atoms with Crippen molar-refractivity contribution in [1.82, 2.24) is 20.3 Å². The second-order valence-corrected chi connectivity index (χ2v) is 7.50. The largest absolute Gasteiger partial charge is 0.477 e. The lowest BCUT2D eigenvalue weighted by Crippen LogP contribution is -2.48. The molecule has 0 saturated carbocycles. The molecule has 9 nitrogen and oxygen atoms in total. The number of pyridine rings is 1. The Morgan fingerprint density at radius 1 is 1.28 bits per heavy atom. The summed E-state index contributed by atoms with van der Waals surface area (Å²) in [6.07, 6.45) is 3.76. The van der Waals surface area contributed by atoms with Crippen LogP contribution >= 0.6 is 0 Å². The molecule has 1 aromatic carbocycles. The second-order valence-electron chi connectivity index (χ2n) is 7.50. The lowest BCUT2D eigenvalue weighted by Gasteiger charge is -2.28. The Balaban J connectivity index is 1.60. The third kappa shape index (κ3) is 4.42. The molecule has 1 aliphatic rings. The van der Waals surface area contributed by atoms with E-state index in [1.54, 1.807) is 36.7 Å². The summed E-state index contributed by atoms with van der Waals surface area (Å²) in [6, 6.07) is 12.7. The molecule has 3 N–H and O–H groups in total. The van der Waals surface area contributed by atoms with Gasteiger partial charge < -0.3 is 20.5 Å². The molecule has 1 atom stereocenters. The van der Waals surface area contributed by atoms with Gasteiger partial charge in [-0.05, 0) is 49.9 Å². The van der Waals surface area contributed by atoms with Crippen LogP contribution in [0.2, 0.25) is 0 Å². The Morgan fingerprint density at radius 3 is 2.84 bits per heavy atom. The molecule has 0 spiro atoms. The van der Waals surface area contributed by atoms with E-state index in [0.717, 1.165) is 11.4 Å². The first kappa shape index (κ1) is 21.4. The topological polar surface area (TPSA) is 133 Å². The molecule has 0 radical (unpaired) electrons. The zero-order valence-corrected chi connectivity index (χ0v) is 17.5. The molecular formula is C23H22N6O3. The van der Waals surface area contributed by atoms with E-state index in [-0.39, 0.29) is 12.1 Å². The number of nitriles is 1. The van der Waals surface area contributed by atoms with Gasteiger partial charge in [-0.2, -0.15) is 5.26 Å². The molecule has 2 aromatic heterocycles.